The fraction of sp³-hybridized carbons (Fsp3) is 0.700. The van der Waals surface area contributed by atoms with Gasteiger partial charge in [0.1, 0.15) is 5.82 Å². The van der Waals surface area contributed by atoms with E-state index in [1.807, 2.05) is 0 Å². The van der Waals surface area contributed by atoms with Gasteiger partial charge in [0.15, 0.2) is 0 Å². The summed E-state index contributed by atoms with van der Waals surface area (Å²) in [4.78, 5) is 18.3. The number of anilines is 1. The monoisotopic (exact) mass is 431 g/mol. The van der Waals surface area contributed by atoms with Crippen molar-refractivity contribution in [2.75, 3.05) is 51.3 Å². The zero-order valence-corrected chi connectivity index (χ0v) is 17.6. The van der Waals surface area contributed by atoms with Crippen LogP contribution in [0.25, 0.3) is 0 Å². The molecule has 3 N–H and O–H groups in total. The van der Waals surface area contributed by atoms with Gasteiger partial charge in [0.25, 0.3) is 0 Å². The van der Waals surface area contributed by atoms with Gasteiger partial charge in [-0.3, -0.25) is 4.90 Å². The van der Waals surface area contributed by atoms with Crippen LogP contribution in [-0.2, 0) is 10.9 Å². The minimum Gasteiger partial charge on any atom is -0.379 e. The number of carbonyl (C=O) groups excluding carboxylic acids is 1. The van der Waals surface area contributed by atoms with Gasteiger partial charge in [-0.25, -0.2) is 9.78 Å². The molecular weight excluding hydrogens is 399 g/mol. The Hall–Kier alpha value is -2.07. The molecule has 0 saturated carbocycles. The maximum absolute atomic E-state index is 13.0. The van der Waals surface area contributed by atoms with E-state index >= 15 is 0 Å². The molecule has 1 saturated heterocycles. The van der Waals surface area contributed by atoms with Crippen molar-refractivity contribution >= 4 is 11.8 Å². The van der Waals surface area contributed by atoms with E-state index in [9.17, 15) is 18.0 Å². The molecule has 7 nitrogen and oxygen atoms in total. The lowest BCUT2D eigenvalue weighted by atomic mass is 9.92. The first-order valence-electron chi connectivity index (χ1n) is 10.5. The zero-order chi connectivity index (χ0) is 22.0. The molecule has 2 amide bonds. The summed E-state index contributed by atoms with van der Waals surface area (Å²) in [6.07, 6.45) is -1.14. The summed E-state index contributed by atoms with van der Waals surface area (Å²) < 4.78 is 44.3. The number of hydrogen-bond donors (Lipinski definition) is 3. The summed E-state index contributed by atoms with van der Waals surface area (Å²) in [5, 5.41) is 8.22. The molecule has 10 heteroatoms. The van der Waals surface area contributed by atoms with Crippen LogP contribution in [0.3, 0.4) is 0 Å². The van der Waals surface area contributed by atoms with Crippen LogP contribution in [-0.4, -0.2) is 67.9 Å². The summed E-state index contributed by atoms with van der Waals surface area (Å²) in [6.45, 7) is 8.22. The van der Waals surface area contributed by atoms with E-state index in [2.05, 4.69) is 39.7 Å². The van der Waals surface area contributed by atoms with Crippen LogP contribution in [0.1, 0.15) is 32.3 Å². The largest absolute Gasteiger partial charge is 0.419 e. The molecule has 1 aromatic rings. The number of rotatable bonds is 10. The van der Waals surface area contributed by atoms with Gasteiger partial charge in [0.05, 0.1) is 18.8 Å². The first kappa shape index (κ1) is 24.2. The number of pyridine rings is 1. The number of alkyl halides is 3. The van der Waals surface area contributed by atoms with E-state index in [4.69, 9.17) is 4.74 Å². The average Bonchev–Trinajstić information content (AvgIpc) is 2.74. The van der Waals surface area contributed by atoms with Crippen LogP contribution >= 0.6 is 0 Å². The molecule has 0 spiro atoms. The average molecular weight is 432 g/mol. The predicted molar refractivity (Wildman–Crippen MR) is 109 cm³/mol. The number of morpholine rings is 1. The third-order valence-corrected chi connectivity index (χ3v) is 5.40. The molecule has 1 fully saturated rings. The predicted octanol–water partition coefficient (Wildman–Crippen LogP) is 2.95. The Bertz CT molecular complexity index is 650. The Balaban J connectivity index is 1.78. The van der Waals surface area contributed by atoms with Crippen LogP contribution < -0.4 is 16.0 Å². The summed E-state index contributed by atoms with van der Waals surface area (Å²) in [5.41, 5.74) is -0.826. The summed E-state index contributed by atoms with van der Waals surface area (Å²) >= 11 is 0. The molecule has 1 aliphatic heterocycles. The van der Waals surface area contributed by atoms with Gasteiger partial charge in [0, 0.05) is 45.0 Å². The van der Waals surface area contributed by atoms with E-state index in [0.29, 0.717) is 25.7 Å². The number of nitrogens with zero attached hydrogens (tertiary/aromatic N) is 2. The molecule has 0 aliphatic carbocycles. The Morgan fingerprint density at radius 2 is 1.90 bits per heavy atom. The van der Waals surface area contributed by atoms with Gasteiger partial charge in [-0.2, -0.15) is 13.2 Å². The first-order valence-corrected chi connectivity index (χ1v) is 10.5. The van der Waals surface area contributed by atoms with E-state index in [1.165, 1.54) is 12.3 Å². The van der Waals surface area contributed by atoms with Crippen molar-refractivity contribution in [1.29, 1.82) is 0 Å². The number of ether oxygens (including phenoxy) is 1. The number of hydrogen-bond acceptors (Lipinski definition) is 5. The highest BCUT2D eigenvalue weighted by Crippen LogP contribution is 2.33. The molecule has 0 aromatic carbocycles. The quantitative estimate of drug-likeness (QED) is 0.497. The van der Waals surface area contributed by atoms with Crippen molar-refractivity contribution in [3.8, 4) is 0 Å². The standard InChI is InChI=1S/C20H32F3N5O2/c1-3-15(4-2)17(28-10-12-30-13-11-28)14-27-19(29)26-9-8-25-18-16(20(21,22)23)6-5-7-24-18/h5-7,15,17H,3-4,8-14H2,1-2H3,(H,24,25)(H2,26,27,29). The molecule has 170 valence electrons. The Morgan fingerprint density at radius 3 is 2.53 bits per heavy atom. The molecule has 0 radical (unpaired) electrons. The lowest BCUT2D eigenvalue weighted by Crippen LogP contribution is -2.53. The van der Waals surface area contributed by atoms with Crippen LogP contribution in [0, 0.1) is 5.92 Å². The number of nitrogens with one attached hydrogen (secondary N) is 3. The van der Waals surface area contributed by atoms with Gasteiger partial charge >= 0.3 is 12.2 Å². The van der Waals surface area contributed by atoms with Crippen molar-refractivity contribution in [3.05, 3.63) is 23.9 Å². The van der Waals surface area contributed by atoms with Gasteiger partial charge in [-0.15, -0.1) is 0 Å². The van der Waals surface area contributed by atoms with E-state index in [0.717, 1.165) is 32.0 Å². The van der Waals surface area contributed by atoms with E-state index in [-0.39, 0.29) is 31.0 Å². The molecule has 2 rings (SSSR count). The molecule has 30 heavy (non-hydrogen) atoms. The van der Waals surface area contributed by atoms with E-state index < -0.39 is 11.7 Å². The van der Waals surface area contributed by atoms with Gasteiger partial charge in [-0.1, -0.05) is 26.7 Å². The Morgan fingerprint density at radius 1 is 1.20 bits per heavy atom. The molecule has 1 aromatic heterocycles. The lowest BCUT2D eigenvalue weighted by molar-refractivity contribution is -0.137. The summed E-state index contributed by atoms with van der Waals surface area (Å²) in [6, 6.07) is 2.11. The van der Waals surface area contributed by atoms with Crippen molar-refractivity contribution in [2.24, 2.45) is 5.92 Å². The molecular formula is C20H32F3N5O2. The highest BCUT2D eigenvalue weighted by Gasteiger charge is 2.34. The number of urea groups is 1. The molecule has 1 aliphatic rings. The SMILES string of the molecule is CCC(CC)C(CNC(=O)NCCNc1ncccc1C(F)(F)F)N1CCOCC1. The van der Waals surface area contributed by atoms with Gasteiger partial charge in [-0.05, 0) is 18.1 Å². The maximum atomic E-state index is 13.0. The van der Waals surface area contributed by atoms with Crippen LogP contribution in [0.15, 0.2) is 18.3 Å². The lowest BCUT2D eigenvalue weighted by Gasteiger charge is -2.38. The minimum atomic E-state index is -4.48. The molecule has 2 heterocycles. The molecule has 0 bridgehead atoms. The highest BCUT2D eigenvalue weighted by molar-refractivity contribution is 5.73. The smallest absolute Gasteiger partial charge is 0.379 e. The van der Waals surface area contributed by atoms with Crippen LogP contribution in [0.4, 0.5) is 23.8 Å². The molecule has 1 atom stereocenters. The minimum absolute atomic E-state index is 0.132. The second-order valence-corrected chi connectivity index (χ2v) is 7.25. The van der Waals surface area contributed by atoms with Crippen molar-refractivity contribution < 1.29 is 22.7 Å². The topological polar surface area (TPSA) is 78.5 Å². The first-order chi connectivity index (χ1) is 14.4. The van der Waals surface area contributed by atoms with Crippen molar-refractivity contribution in [2.45, 2.75) is 38.9 Å². The highest BCUT2D eigenvalue weighted by atomic mass is 19.4. The summed E-state index contributed by atoms with van der Waals surface area (Å²) in [5.74, 6) is 0.225. The third-order valence-electron chi connectivity index (χ3n) is 5.40. The zero-order valence-electron chi connectivity index (χ0n) is 17.6. The second kappa shape index (κ2) is 11.9. The van der Waals surface area contributed by atoms with Gasteiger partial charge < -0.3 is 20.7 Å². The fourth-order valence-corrected chi connectivity index (χ4v) is 3.73. The van der Waals surface area contributed by atoms with Crippen molar-refractivity contribution in [3.63, 3.8) is 0 Å². The van der Waals surface area contributed by atoms with Crippen LogP contribution in [0.2, 0.25) is 0 Å². The fourth-order valence-electron chi connectivity index (χ4n) is 3.73. The number of carbonyl (C=O) groups is 1. The van der Waals surface area contributed by atoms with Crippen LogP contribution in [0.5, 0.6) is 0 Å². The number of amides is 2. The summed E-state index contributed by atoms with van der Waals surface area (Å²) in [7, 11) is 0. The van der Waals surface area contributed by atoms with Gasteiger partial charge in [0.2, 0.25) is 0 Å². The van der Waals surface area contributed by atoms with Crippen molar-refractivity contribution in [1.82, 2.24) is 20.5 Å². The second-order valence-electron chi connectivity index (χ2n) is 7.25. The normalized spacial score (nSPS) is 16.3. The number of aromatic nitrogens is 1. The van der Waals surface area contributed by atoms with E-state index in [1.54, 1.807) is 0 Å². The maximum Gasteiger partial charge on any atom is 0.419 e. The third kappa shape index (κ3) is 7.32. The number of halogens is 3. The Labute approximate surface area is 175 Å². The Kier molecular flexibility index (Phi) is 9.64. The molecule has 1 unspecified atom stereocenters.